The third kappa shape index (κ3) is 11.1. The van der Waals surface area contributed by atoms with Crippen molar-refractivity contribution in [1.29, 1.82) is 0 Å². The Morgan fingerprint density at radius 3 is 2.32 bits per heavy atom. The zero-order valence-electron chi connectivity index (χ0n) is 21.6. The van der Waals surface area contributed by atoms with E-state index in [1.807, 2.05) is 0 Å². The Kier molecular flexibility index (Phi) is 10.9. The highest BCUT2D eigenvalue weighted by molar-refractivity contribution is 7.88. The van der Waals surface area contributed by atoms with Crippen LogP contribution in [0.15, 0.2) is 42.5 Å². The van der Waals surface area contributed by atoms with Crippen LogP contribution in [0.1, 0.15) is 39.7 Å². The number of esters is 1. The molecule has 2 rings (SSSR count). The maximum Gasteiger partial charge on any atom is 0.407 e. The second kappa shape index (κ2) is 13.2. The van der Waals surface area contributed by atoms with Crippen molar-refractivity contribution in [1.82, 2.24) is 10.0 Å². The van der Waals surface area contributed by atoms with Crippen LogP contribution in [0.2, 0.25) is 5.02 Å². The summed E-state index contributed by atoms with van der Waals surface area (Å²) < 4.78 is 50.4. The lowest BCUT2D eigenvalue weighted by molar-refractivity contribution is -0.148. The van der Waals surface area contributed by atoms with Crippen molar-refractivity contribution in [3.05, 3.63) is 58.9 Å². The molecule has 0 heterocycles. The van der Waals surface area contributed by atoms with Crippen molar-refractivity contribution in [3.63, 3.8) is 0 Å². The van der Waals surface area contributed by atoms with E-state index in [2.05, 4.69) is 10.0 Å². The minimum atomic E-state index is -3.56. The maximum atomic E-state index is 14.3. The lowest BCUT2D eigenvalue weighted by Crippen LogP contribution is -2.44. The topological polar surface area (TPSA) is 111 Å². The Labute approximate surface area is 222 Å². The molecule has 0 saturated carbocycles. The third-order valence-corrected chi connectivity index (χ3v) is 6.10. The Morgan fingerprint density at radius 1 is 1.11 bits per heavy atom. The van der Waals surface area contributed by atoms with Crippen molar-refractivity contribution in [2.45, 2.75) is 52.2 Å². The number of benzene rings is 2. The van der Waals surface area contributed by atoms with Gasteiger partial charge in [-0.1, -0.05) is 35.9 Å². The first kappa shape index (κ1) is 30.5. The zero-order valence-corrected chi connectivity index (χ0v) is 23.2. The van der Waals surface area contributed by atoms with Crippen LogP contribution < -0.4 is 10.0 Å². The Morgan fingerprint density at radius 2 is 1.76 bits per heavy atom. The molecule has 0 aliphatic heterocycles. The van der Waals surface area contributed by atoms with Crippen molar-refractivity contribution < 1.29 is 31.9 Å². The second-order valence-corrected chi connectivity index (χ2v) is 11.9. The highest BCUT2D eigenvalue weighted by atomic mass is 35.5. The van der Waals surface area contributed by atoms with Crippen LogP contribution in [0.25, 0.3) is 11.1 Å². The van der Waals surface area contributed by atoms with E-state index in [1.165, 1.54) is 18.2 Å². The quantitative estimate of drug-likeness (QED) is 0.388. The maximum absolute atomic E-state index is 14.3. The van der Waals surface area contributed by atoms with Gasteiger partial charge in [0, 0.05) is 23.2 Å². The van der Waals surface area contributed by atoms with E-state index in [-0.39, 0.29) is 19.6 Å². The summed E-state index contributed by atoms with van der Waals surface area (Å²) in [5.41, 5.74) is 1.04. The molecular formula is C26H34ClFN2O6S. The SMILES string of the molecule is CCOC(=O)[C@H](CNS(C)(=O)=O)C[C@@H](Cc1ccc(-c2cc(Cl)ccc2F)cc1)NC(=O)OC(C)(C)C. The van der Waals surface area contributed by atoms with E-state index >= 15 is 0 Å². The molecule has 204 valence electrons. The average molecular weight is 557 g/mol. The fourth-order valence-corrected chi connectivity index (χ4v) is 4.29. The van der Waals surface area contributed by atoms with Crippen LogP contribution in [0.4, 0.5) is 9.18 Å². The first-order valence-electron chi connectivity index (χ1n) is 11.8. The van der Waals surface area contributed by atoms with E-state index in [1.54, 1.807) is 52.0 Å². The van der Waals surface area contributed by atoms with Crippen molar-refractivity contribution in [3.8, 4) is 11.1 Å². The van der Waals surface area contributed by atoms with Crippen LogP contribution in [0.5, 0.6) is 0 Å². The summed E-state index contributed by atoms with van der Waals surface area (Å²) >= 11 is 6.01. The lowest BCUT2D eigenvalue weighted by Gasteiger charge is -2.26. The summed E-state index contributed by atoms with van der Waals surface area (Å²) in [6.07, 6.45) is 0.710. The van der Waals surface area contributed by atoms with Gasteiger partial charge in [0.05, 0.1) is 18.8 Å². The minimum Gasteiger partial charge on any atom is -0.466 e. The number of carbonyl (C=O) groups is 2. The molecule has 0 saturated heterocycles. The van der Waals surface area contributed by atoms with Crippen LogP contribution in [-0.4, -0.2) is 51.5 Å². The van der Waals surface area contributed by atoms with Gasteiger partial charge in [-0.2, -0.15) is 0 Å². The van der Waals surface area contributed by atoms with Crippen LogP contribution in [0.3, 0.4) is 0 Å². The molecule has 1 amide bonds. The number of ether oxygens (including phenoxy) is 2. The smallest absolute Gasteiger partial charge is 0.407 e. The Balaban J connectivity index is 2.28. The zero-order chi connectivity index (χ0) is 27.8. The molecule has 0 spiro atoms. The molecule has 2 aromatic rings. The van der Waals surface area contributed by atoms with Crippen LogP contribution >= 0.6 is 11.6 Å². The second-order valence-electron chi connectivity index (χ2n) is 9.67. The fraction of sp³-hybridized carbons (Fsp3) is 0.462. The van der Waals surface area contributed by atoms with Crippen molar-refractivity contribution in [2.24, 2.45) is 5.92 Å². The van der Waals surface area contributed by atoms with Gasteiger partial charge < -0.3 is 14.8 Å². The summed E-state index contributed by atoms with van der Waals surface area (Å²) in [7, 11) is -3.56. The molecule has 0 unspecified atom stereocenters. The number of alkyl carbamates (subject to hydrolysis) is 1. The highest BCUT2D eigenvalue weighted by Gasteiger charge is 2.28. The molecule has 11 heteroatoms. The van der Waals surface area contributed by atoms with E-state index in [4.69, 9.17) is 21.1 Å². The van der Waals surface area contributed by atoms with Gasteiger partial charge in [-0.25, -0.2) is 22.3 Å². The molecule has 37 heavy (non-hydrogen) atoms. The van der Waals surface area contributed by atoms with Crippen LogP contribution in [-0.2, 0) is 30.7 Å². The lowest BCUT2D eigenvalue weighted by atomic mass is 9.94. The van der Waals surface area contributed by atoms with Gasteiger partial charge >= 0.3 is 12.1 Å². The largest absolute Gasteiger partial charge is 0.466 e. The van der Waals surface area contributed by atoms with Gasteiger partial charge in [0.15, 0.2) is 0 Å². The van der Waals surface area contributed by atoms with E-state index in [9.17, 15) is 22.4 Å². The van der Waals surface area contributed by atoms with Gasteiger partial charge in [-0.05, 0) is 69.9 Å². The number of hydrogen-bond donors (Lipinski definition) is 2. The molecule has 0 aliphatic rings. The minimum absolute atomic E-state index is 0.0886. The summed E-state index contributed by atoms with van der Waals surface area (Å²) in [4.78, 5) is 25.1. The Bertz CT molecular complexity index is 1180. The molecule has 0 aromatic heterocycles. The average Bonchev–Trinajstić information content (AvgIpc) is 2.77. The molecule has 2 aromatic carbocycles. The van der Waals surface area contributed by atoms with Crippen LogP contribution in [0, 0.1) is 11.7 Å². The normalized spacial score (nSPS) is 13.5. The van der Waals surface area contributed by atoms with E-state index in [0.717, 1.165) is 11.8 Å². The number of hydrogen-bond acceptors (Lipinski definition) is 6. The number of amides is 1. The summed E-state index contributed by atoms with van der Waals surface area (Å²) in [6.45, 7) is 6.78. The van der Waals surface area contributed by atoms with Gasteiger partial charge in [0.1, 0.15) is 11.4 Å². The summed E-state index contributed by atoms with van der Waals surface area (Å²) in [5.74, 6) is -1.84. The number of rotatable bonds is 11. The summed E-state index contributed by atoms with van der Waals surface area (Å²) in [6, 6.07) is 10.8. The number of nitrogens with one attached hydrogen (secondary N) is 2. The van der Waals surface area contributed by atoms with Gasteiger partial charge in [0.2, 0.25) is 10.0 Å². The number of halogens is 2. The monoisotopic (exact) mass is 556 g/mol. The highest BCUT2D eigenvalue weighted by Crippen LogP contribution is 2.27. The molecule has 0 aliphatic carbocycles. The molecule has 0 fully saturated rings. The molecule has 0 radical (unpaired) electrons. The first-order valence-corrected chi connectivity index (χ1v) is 14.1. The Hall–Kier alpha value is -2.69. The first-order chi connectivity index (χ1) is 17.2. The van der Waals surface area contributed by atoms with E-state index in [0.29, 0.717) is 22.6 Å². The van der Waals surface area contributed by atoms with Crippen molar-refractivity contribution >= 4 is 33.7 Å². The molecular weight excluding hydrogens is 523 g/mol. The number of carbonyl (C=O) groups excluding carboxylic acids is 2. The summed E-state index contributed by atoms with van der Waals surface area (Å²) in [5, 5.41) is 3.20. The predicted molar refractivity (Wildman–Crippen MR) is 141 cm³/mol. The molecule has 0 bridgehead atoms. The number of sulfonamides is 1. The standard InChI is InChI=1S/C26H34ClFN2O6S/c1-6-35-24(31)19(16-29-37(5,33)34)14-21(30-25(32)36-26(2,3)4)13-17-7-9-18(10-8-17)22-15-20(27)11-12-23(22)28/h7-12,15,19,21,29H,6,13-14,16H2,1-5H3,(H,30,32)/t19-,21+/m0/s1. The van der Waals surface area contributed by atoms with Crippen molar-refractivity contribution in [2.75, 3.05) is 19.4 Å². The van der Waals surface area contributed by atoms with Gasteiger partial charge in [-0.15, -0.1) is 0 Å². The molecule has 2 atom stereocenters. The third-order valence-electron chi connectivity index (χ3n) is 5.18. The predicted octanol–water partition coefficient (Wildman–Crippen LogP) is 4.70. The molecule has 8 nitrogen and oxygen atoms in total. The van der Waals surface area contributed by atoms with Gasteiger partial charge in [-0.3, -0.25) is 4.79 Å². The van der Waals surface area contributed by atoms with E-state index < -0.39 is 45.5 Å². The fourth-order valence-electron chi connectivity index (χ4n) is 3.61. The van der Waals surface area contributed by atoms with Gasteiger partial charge in [0.25, 0.3) is 0 Å². The molecule has 2 N–H and O–H groups in total.